The summed E-state index contributed by atoms with van der Waals surface area (Å²) in [5, 5.41) is 0. The number of carbonyl (C=O) groups excluding carboxylic acids is 1. The molecule has 0 bridgehead atoms. The van der Waals surface area contributed by atoms with Crippen LogP contribution >= 0.6 is 0 Å². The molecule has 0 aromatic heterocycles. The number of rotatable bonds is 6. The molecule has 0 heterocycles. The third-order valence-corrected chi connectivity index (χ3v) is 3.99. The van der Waals surface area contributed by atoms with Crippen molar-refractivity contribution in [2.45, 2.75) is 20.0 Å². The van der Waals surface area contributed by atoms with Crippen molar-refractivity contribution in [3.8, 4) is 0 Å². The Morgan fingerprint density at radius 3 is 1.67 bits per heavy atom. The highest BCUT2D eigenvalue weighted by Crippen LogP contribution is 2.21. The molecule has 0 N–H and O–H groups in total. The lowest BCUT2D eigenvalue weighted by Gasteiger charge is -2.27. The van der Waals surface area contributed by atoms with E-state index in [1.54, 1.807) is 0 Å². The van der Waals surface area contributed by atoms with Gasteiger partial charge in [-0.15, -0.1) is 0 Å². The summed E-state index contributed by atoms with van der Waals surface area (Å²) in [6.07, 6.45) is 0. The van der Waals surface area contributed by atoms with E-state index in [-0.39, 0.29) is 17.0 Å². The molecule has 0 fully saturated rings. The second-order valence-corrected chi connectivity index (χ2v) is 5.77. The van der Waals surface area contributed by atoms with Crippen molar-refractivity contribution in [2.75, 3.05) is 4.90 Å². The van der Waals surface area contributed by atoms with Crippen LogP contribution in [0.15, 0.2) is 70.3 Å². The highest BCUT2D eigenvalue weighted by molar-refractivity contribution is 6.01. The van der Waals surface area contributed by atoms with E-state index in [1.807, 2.05) is 65.6 Å². The monoisotopic (exact) mass is 319 g/mol. The Balaban J connectivity index is 1.99. The van der Waals surface area contributed by atoms with Gasteiger partial charge in [0.1, 0.15) is 5.69 Å². The summed E-state index contributed by atoms with van der Waals surface area (Å²) >= 11 is 0. The topological polar surface area (TPSA) is 54.5 Å². The van der Waals surface area contributed by atoms with E-state index in [2.05, 4.69) is 0 Å². The molecule has 4 nitrogen and oxygen atoms in total. The fourth-order valence-electron chi connectivity index (χ4n) is 2.83. The fraction of sp³-hybridized carbons (Fsp3) is 0.150. The van der Waals surface area contributed by atoms with E-state index in [0.717, 1.165) is 11.1 Å². The van der Waals surface area contributed by atoms with Crippen LogP contribution in [-0.4, -0.2) is 5.78 Å². The summed E-state index contributed by atoms with van der Waals surface area (Å²) in [5.41, 5.74) is 1.02. The van der Waals surface area contributed by atoms with Gasteiger partial charge in [0, 0.05) is 13.1 Å². The van der Waals surface area contributed by atoms with Crippen molar-refractivity contribution in [3.63, 3.8) is 0 Å². The van der Waals surface area contributed by atoms with Gasteiger partial charge in [0.2, 0.25) is 5.43 Å². The van der Waals surface area contributed by atoms with Gasteiger partial charge in [0.25, 0.3) is 5.43 Å². The standard InChI is InChI=1S/C20H17NO3/c1-14(22)17-18(20(24)19(17)23)21(12-15-8-4-2-5-9-15)13-16-10-6-3-7-11-16/h2-11H,12-13H2,1H3. The molecule has 0 spiro atoms. The molecule has 24 heavy (non-hydrogen) atoms. The third kappa shape index (κ3) is 3.04. The van der Waals surface area contributed by atoms with Crippen LogP contribution in [0.2, 0.25) is 0 Å². The maximum atomic E-state index is 12.1. The van der Waals surface area contributed by atoms with Crippen molar-refractivity contribution in [1.82, 2.24) is 0 Å². The molecule has 0 radical (unpaired) electrons. The molecule has 3 rings (SSSR count). The molecule has 0 saturated carbocycles. The SMILES string of the molecule is CC(=O)c1c(N(Cc2ccccc2)Cc2ccccc2)c(=O)c1=O. The number of nitrogens with zero attached hydrogens (tertiary/aromatic N) is 1. The predicted molar refractivity (Wildman–Crippen MR) is 94.1 cm³/mol. The Kier molecular flexibility index (Phi) is 4.38. The highest BCUT2D eigenvalue weighted by atomic mass is 16.2. The zero-order valence-corrected chi connectivity index (χ0v) is 13.4. The van der Waals surface area contributed by atoms with Crippen LogP contribution in [0.25, 0.3) is 0 Å². The lowest BCUT2D eigenvalue weighted by atomic mass is 10.0. The molecule has 0 saturated heterocycles. The van der Waals surface area contributed by atoms with Crippen LogP contribution < -0.4 is 15.8 Å². The molecule has 120 valence electrons. The number of hydrogen-bond acceptors (Lipinski definition) is 4. The largest absolute Gasteiger partial charge is 0.359 e. The Morgan fingerprint density at radius 2 is 1.25 bits per heavy atom. The van der Waals surface area contributed by atoms with Gasteiger partial charge in [0.15, 0.2) is 5.78 Å². The van der Waals surface area contributed by atoms with Gasteiger partial charge >= 0.3 is 0 Å². The summed E-state index contributed by atoms with van der Waals surface area (Å²) < 4.78 is 0. The molecule has 0 atom stereocenters. The summed E-state index contributed by atoms with van der Waals surface area (Å²) in [5.74, 6) is -0.360. The van der Waals surface area contributed by atoms with Gasteiger partial charge in [-0.25, -0.2) is 0 Å². The van der Waals surface area contributed by atoms with Gasteiger partial charge < -0.3 is 4.90 Å². The molecule has 4 heteroatoms. The Hall–Kier alpha value is -3.01. The van der Waals surface area contributed by atoms with Crippen molar-refractivity contribution < 1.29 is 4.79 Å². The smallest absolute Gasteiger partial charge is 0.250 e. The average molecular weight is 319 g/mol. The number of Topliss-reactive ketones (excluding diaryl/α,β-unsaturated/α-hetero) is 1. The number of carbonyl (C=O) groups is 1. The zero-order chi connectivity index (χ0) is 17.1. The van der Waals surface area contributed by atoms with Crippen molar-refractivity contribution in [3.05, 3.63) is 97.8 Å². The lowest BCUT2D eigenvalue weighted by Crippen LogP contribution is -2.44. The highest BCUT2D eigenvalue weighted by Gasteiger charge is 2.28. The summed E-state index contributed by atoms with van der Waals surface area (Å²) in [7, 11) is 0. The van der Waals surface area contributed by atoms with Crippen LogP contribution in [-0.2, 0) is 13.1 Å². The summed E-state index contributed by atoms with van der Waals surface area (Å²) in [6, 6.07) is 19.3. The summed E-state index contributed by atoms with van der Waals surface area (Å²) in [6.45, 7) is 2.24. The second-order valence-electron chi connectivity index (χ2n) is 5.77. The number of hydrogen-bond donors (Lipinski definition) is 0. The Morgan fingerprint density at radius 1 is 0.792 bits per heavy atom. The first-order valence-corrected chi connectivity index (χ1v) is 7.75. The number of benzene rings is 2. The van der Waals surface area contributed by atoms with Crippen LogP contribution in [0.3, 0.4) is 0 Å². The molecule has 0 unspecified atom stereocenters. The molecule has 0 aliphatic heterocycles. The first kappa shape index (κ1) is 15.9. The number of anilines is 1. The first-order chi connectivity index (χ1) is 11.6. The van der Waals surface area contributed by atoms with E-state index >= 15 is 0 Å². The predicted octanol–water partition coefficient (Wildman–Crippen LogP) is 2.69. The zero-order valence-electron chi connectivity index (χ0n) is 13.4. The molecular formula is C20H17NO3. The van der Waals surface area contributed by atoms with Gasteiger partial charge in [-0.3, -0.25) is 14.4 Å². The molecule has 0 aliphatic rings. The van der Waals surface area contributed by atoms with Crippen LogP contribution in [0.4, 0.5) is 5.69 Å². The van der Waals surface area contributed by atoms with Crippen LogP contribution in [0.5, 0.6) is 0 Å². The van der Waals surface area contributed by atoms with Gasteiger partial charge in [-0.2, -0.15) is 0 Å². The first-order valence-electron chi connectivity index (χ1n) is 7.75. The Labute approximate surface area is 139 Å². The van der Waals surface area contributed by atoms with Crippen LogP contribution in [0.1, 0.15) is 28.4 Å². The van der Waals surface area contributed by atoms with Crippen molar-refractivity contribution in [1.29, 1.82) is 0 Å². The molecular weight excluding hydrogens is 302 g/mol. The fourth-order valence-corrected chi connectivity index (χ4v) is 2.83. The molecule has 0 amide bonds. The second kappa shape index (κ2) is 6.62. The van der Waals surface area contributed by atoms with Crippen LogP contribution in [0, 0.1) is 0 Å². The quantitative estimate of drug-likeness (QED) is 0.518. The Bertz CT molecular complexity index is 881. The third-order valence-electron chi connectivity index (χ3n) is 3.99. The maximum absolute atomic E-state index is 12.1. The lowest BCUT2D eigenvalue weighted by molar-refractivity contribution is 0.101. The van der Waals surface area contributed by atoms with Gasteiger partial charge in [-0.1, -0.05) is 60.7 Å². The van der Waals surface area contributed by atoms with Crippen molar-refractivity contribution >= 4 is 11.5 Å². The molecule has 0 aliphatic carbocycles. The van der Waals surface area contributed by atoms with E-state index < -0.39 is 10.9 Å². The van der Waals surface area contributed by atoms with Crippen molar-refractivity contribution in [2.24, 2.45) is 0 Å². The average Bonchev–Trinajstić information content (AvgIpc) is 2.59. The minimum absolute atomic E-state index is 0.0202. The van der Waals surface area contributed by atoms with Gasteiger partial charge in [-0.05, 0) is 18.1 Å². The number of ketones is 1. The normalized spacial score (nSPS) is 10.7. The van der Waals surface area contributed by atoms with E-state index in [1.165, 1.54) is 6.92 Å². The minimum atomic E-state index is -0.677. The minimum Gasteiger partial charge on any atom is -0.359 e. The van der Waals surface area contributed by atoms with E-state index in [0.29, 0.717) is 13.1 Å². The summed E-state index contributed by atoms with van der Waals surface area (Å²) in [4.78, 5) is 37.4. The van der Waals surface area contributed by atoms with E-state index in [9.17, 15) is 14.4 Å². The maximum Gasteiger partial charge on any atom is 0.250 e. The van der Waals surface area contributed by atoms with E-state index in [4.69, 9.17) is 0 Å². The van der Waals surface area contributed by atoms with Gasteiger partial charge in [0.05, 0.1) is 5.56 Å². The molecule has 3 aromatic rings. The molecule has 3 aromatic carbocycles.